The van der Waals surface area contributed by atoms with Crippen LogP contribution in [0.3, 0.4) is 0 Å². The number of aromatic nitrogens is 1. The van der Waals surface area contributed by atoms with Crippen LogP contribution in [0, 0.1) is 0 Å². The molecular formula is C13H17F3N2OS. The van der Waals surface area contributed by atoms with Crippen molar-refractivity contribution in [3.8, 4) is 5.88 Å². The van der Waals surface area contributed by atoms with Crippen molar-refractivity contribution >= 4 is 11.8 Å². The molecule has 7 heteroatoms. The van der Waals surface area contributed by atoms with Crippen LogP contribution in [0.4, 0.5) is 13.2 Å². The zero-order chi connectivity index (χ0) is 14.4. The van der Waals surface area contributed by atoms with Crippen LogP contribution >= 0.6 is 11.8 Å². The van der Waals surface area contributed by atoms with E-state index in [9.17, 15) is 13.2 Å². The molecule has 0 amide bonds. The Balaban J connectivity index is 1.68. The van der Waals surface area contributed by atoms with Gasteiger partial charge in [0.05, 0.1) is 5.56 Å². The maximum Gasteiger partial charge on any atom is 0.417 e. The lowest BCUT2D eigenvalue weighted by atomic mass is 10.1. The van der Waals surface area contributed by atoms with Crippen molar-refractivity contribution in [3.63, 3.8) is 0 Å². The first-order valence-corrected chi connectivity index (χ1v) is 7.68. The van der Waals surface area contributed by atoms with Gasteiger partial charge < -0.3 is 10.1 Å². The molecule has 0 saturated carbocycles. The number of hydrogen-bond acceptors (Lipinski definition) is 4. The van der Waals surface area contributed by atoms with Crippen LogP contribution in [0.2, 0.25) is 0 Å². The lowest BCUT2D eigenvalue weighted by Crippen LogP contribution is -2.35. The SMILES string of the molecule is FC(F)(F)c1ccc(OCCNC2CCSCC2)nc1. The number of halogens is 3. The lowest BCUT2D eigenvalue weighted by molar-refractivity contribution is -0.137. The summed E-state index contributed by atoms with van der Waals surface area (Å²) in [5.41, 5.74) is -0.761. The summed E-state index contributed by atoms with van der Waals surface area (Å²) in [6.07, 6.45) is -1.25. The molecule has 0 unspecified atom stereocenters. The molecule has 0 radical (unpaired) electrons. The topological polar surface area (TPSA) is 34.1 Å². The monoisotopic (exact) mass is 306 g/mol. The number of pyridine rings is 1. The summed E-state index contributed by atoms with van der Waals surface area (Å²) < 4.78 is 42.3. The number of alkyl halides is 3. The van der Waals surface area contributed by atoms with E-state index in [0.29, 0.717) is 19.2 Å². The normalized spacial score (nSPS) is 17.1. The molecule has 0 aromatic carbocycles. The van der Waals surface area contributed by atoms with Crippen molar-refractivity contribution in [2.24, 2.45) is 0 Å². The van der Waals surface area contributed by atoms with E-state index in [-0.39, 0.29) is 5.88 Å². The van der Waals surface area contributed by atoms with Crippen LogP contribution < -0.4 is 10.1 Å². The van der Waals surface area contributed by atoms with Gasteiger partial charge in [-0.2, -0.15) is 24.9 Å². The second-order valence-electron chi connectivity index (χ2n) is 4.57. The Morgan fingerprint density at radius 1 is 1.30 bits per heavy atom. The minimum Gasteiger partial charge on any atom is -0.476 e. The number of hydrogen-bond donors (Lipinski definition) is 1. The summed E-state index contributed by atoms with van der Waals surface area (Å²) in [5, 5.41) is 3.38. The molecular weight excluding hydrogens is 289 g/mol. The first-order valence-electron chi connectivity index (χ1n) is 6.53. The van der Waals surface area contributed by atoms with Crippen LogP contribution in [0.15, 0.2) is 18.3 Å². The number of nitrogens with zero attached hydrogens (tertiary/aromatic N) is 1. The molecule has 112 valence electrons. The van der Waals surface area contributed by atoms with Crippen LogP contribution in [0.5, 0.6) is 5.88 Å². The van der Waals surface area contributed by atoms with Gasteiger partial charge in [0.25, 0.3) is 0 Å². The van der Waals surface area contributed by atoms with Gasteiger partial charge in [-0.3, -0.25) is 0 Å². The summed E-state index contributed by atoms with van der Waals surface area (Å²) in [6.45, 7) is 1.08. The molecule has 0 spiro atoms. The van der Waals surface area contributed by atoms with Gasteiger partial charge in [-0.1, -0.05) is 0 Å². The Bertz CT molecular complexity index is 405. The summed E-state index contributed by atoms with van der Waals surface area (Å²) in [6, 6.07) is 2.76. The van der Waals surface area contributed by atoms with Gasteiger partial charge in [0.1, 0.15) is 6.61 Å². The summed E-state index contributed by atoms with van der Waals surface area (Å²) >= 11 is 1.96. The minimum atomic E-state index is -4.36. The molecule has 1 N–H and O–H groups in total. The maximum absolute atomic E-state index is 12.3. The van der Waals surface area contributed by atoms with E-state index >= 15 is 0 Å². The van der Waals surface area contributed by atoms with E-state index < -0.39 is 11.7 Å². The standard InChI is InChI=1S/C13H17F3N2OS/c14-13(15,16)10-1-2-12(18-9-10)19-6-5-17-11-3-7-20-8-4-11/h1-2,9,11,17H,3-8H2. The predicted octanol–water partition coefficient (Wildman–Crippen LogP) is 2.96. The molecule has 1 fully saturated rings. The third kappa shape index (κ3) is 4.86. The molecule has 2 rings (SSSR count). The second-order valence-corrected chi connectivity index (χ2v) is 5.80. The highest BCUT2D eigenvalue weighted by atomic mass is 32.2. The number of ether oxygens (including phenoxy) is 1. The Labute approximate surface area is 120 Å². The molecule has 1 aromatic heterocycles. The fraction of sp³-hybridized carbons (Fsp3) is 0.615. The van der Waals surface area contributed by atoms with E-state index in [1.54, 1.807) is 0 Å². The van der Waals surface area contributed by atoms with Gasteiger partial charge in [-0.05, 0) is 30.4 Å². The van der Waals surface area contributed by atoms with E-state index in [0.717, 1.165) is 25.1 Å². The van der Waals surface area contributed by atoms with Gasteiger partial charge in [0, 0.05) is 24.8 Å². The average Bonchev–Trinajstić information content (AvgIpc) is 2.44. The first-order chi connectivity index (χ1) is 9.55. The van der Waals surface area contributed by atoms with Crippen molar-refractivity contribution < 1.29 is 17.9 Å². The van der Waals surface area contributed by atoms with Gasteiger partial charge >= 0.3 is 6.18 Å². The Kier molecular flexibility index (Phi) is 5.54. The van der Waals surface area contributed by atoms with Gasteiger partial charge in [0.15, 0.2) is 0 Å². The molecule has 1 aromatic rings. The largest absolute Gasteiger partial charge is 0.476 e. The van der Waals surface area contributed by atoms with Crippen molar-refractivity contribution in [2.45, 2.75) is 25.1 Å². The van der Waals surface area contributed by atoms with E-state index in [1.807, 2.05) is 11.8 Å². The number of thioether (sulfide) groups is 1. The van der Waals surface area contributed by atoms with Crippen LogP contribution in [-0.2, 0) is 6.18 Å². The van der Waals surface area contributed by atoms with E-state index in [2.05, 4.69) is 10.3 Å². The molecule has 1 aliphatic rings. The molecule has 0 aliphatic carbocycles. The fourth-order valence-electron chi connectivity index (χ4n) is 1.95. The molecule has 20 heavy (non-hydrogen) atoms. The number of rotatable bonds is 5. The molecule has 0 bridgehead atoms. The minimum absolute atomic E-state index is 0.221. The van der Waals surface area contributed by atoms with E-state index in [1.165, 1.54) is 17.6 Å². The zero-order valence-corrected chi connectivity index (χ0v) is 11.8. The zero-order valence-electron chi connectivity index (χ0n) is 10.9. The average molecular weight is 306 g/mol. The van der Waals surface area contributed by atoms with Crippen molar-refractivity contribution in [3.05, 3.63) is 23.9 Å². The highest BCUT2D eigenvalue weighted by Crippen LogP contribution is 2.29. The first kappa shape index (κ1) is 15.4. The summed E-state index contributed by atoms with van der Waals surface area (Å²) in [5.74, 6) is 2.58. The fourth-order valence-corrected chi connectivity index (χ4v) is 3.06. The van der Waals surface area contributed by atoms with Gasteiger partial charge in [-0.25, -0.2) is 4.98 Å². The second kappa shape index (κ2) is 7.17. The van der Waals surface area contributed by atoms with E-state index in [4.69, 9.17) is 4.74 Å². The van der Waals surface area contributed by atoms with Crippen LogP contribution in [0.1, 0.15) is 18.4 Å². The molecule has 1 saturated heterocycles. The van der Waals surface area contributed by atoms with Crippen LogP contribution in [-0.4, -0.2) is 35.7 Å². The molecule has 0 atom stereocenters. The Morgan fingerprint density at radius 2 is 2.05 bits per heavy atom. The molecule has 3 nitrogen and oxygen atoms in total. The molecule has 1 aliphatic heterocycles. The third-order valence-corrected chi connectivity index (χ3v) is 4.12. The van der Waals surface area contributed by atoms with Gasteiger partial charge in [0.2, 0.25) is 5.88 Å². The van der Waals surface area contributed by atoms with Crippen LogP contribution in [0.25, 0.3) is 0 Å². The van der Waals surface area contributed by atoms with Crippen molar-refractivity contribution in [2.75, 3.05) is 24.7 Å². The predicted molar refractivity (Wildman–Crippen MR) is 73.1 cm³/mol. The Morgan fingerprint density at radius 3 is 2.65 bits per heavy atom. The quantitative estimate of drug-likeness (QED) is 0.848. The maximum atomic E-state index is 12.3. The summed E-state index contributed by atoms with van der Waals surface area (Å²) in [4.78, 5) is 3.66. The van der Waals surface area contributed by atoms with Gasteiger partial charge in [-0.15, -0.1) is 0 Å². The Hall–Kier alpha value is -0.950. The smallest absolute Gasteiger partial charge is 0.417 e. The third-order valence-electron chi connectivity index (χ3n) is 3.07. The van der Waals surface area contributed by atoms with Crippen molar-refractivity contribution in [1.29, 1.82) is 0 Å². The highest BCUT2D eigenvalue weighted by Gasteiger charge is 2.30. The summed E-state index contributed by atoms with van der Waals surface area (Å²) in [7, 11) is 0. The molecule has 2 heterocycles. The lowest BCUT2D eigenvalue weighted by Gasteiger charge is -2.22. The number of nitrogens with one attached hydrogen (secondary N) is 1. The van der Waals surface area contributed by atoms with Crippen molar-refractivity contribution in [1.82, 2.24) is 10.3 Å². The highest BCUT2D eigenvalue weighted by molar-refractivity contribution is 7.99.